The fourth-order valence-corrected chi connectivity index (χ4v) is 5.28. The summed E-state index contributed by atoms with van der Waals surface area (Å²) in [6, 6.07) is 6.83. The lowest BCUT2D eigenvalue weighted by Crippen LogP contribution is -2.34. The lowest BCUT2D eigenvalue weighted by molar-refractivity contribution is -0.123. The van der Waals surface area contributed by atoms with E-state index in [9.17, 15) is 14.4 Å². The molecular weight excluding hydrogens is 468 g/mol. The third kappa shape index (κ3) is 5.84. The van der Waals surface area contributed by atoms with Crippen LogP contribution >= 0.6 is 0 Å². The van der Waals surface area contributed by atoms with Gasteiger partial charge >= 0.3 is 5.97 Å². The molecule has 0 spiro atoms. The van der Waals surface area contributed by atoms with E-state index in [2.05, 4.69) is 11.9 Å². The molecule has 3 heterocycles. The number of ether oxygens (including phenoxy) is 1. The molecule has 1 amide bonds. The van der Waals surface area contributed by atoms with Crippen molar-refractivity contribution in [3.8, 4) is 0 Å². The van der Waals surface area contributed by atoms with Crippen molar-refractivity contribution >= 4 is 28.6 Å². The lowest BCUT2D eigenvalue weighted by Gasteiger charge is -2.26. The van der Waals surface area contributed by atoms with Crippen LogP contribution in [0, 0.1) is 17.8 Å². The summed E-state index contributed by atoms with van der Waals surface area (Å²) in [6.07, 6.45) is 8.98. The molecule has 0 saturated heterocycles. The van der Waals surface area contributed by atoms with Crippen LogP contribution in [0.1, 0.15) is 83.0 Å². The number of carbonyl (C=O) groups is 2. The first-order valence-corrected chi connectivity index (χ1v) is 13.6. The Morgan fingerprint density at radius 3 is 2.59 bits per heavy atom. The van der Waals surface area contributed by atoms with Crippen molar-refractivity contribution in [3.05, 3.63) is 51.9 Å². The molecule has 0 bridgehead atoms. The van der Waals surface area contributed by atoms with E-state index in [0.29, 0.717) is 23.8 Å². The van der Waals surface area contributed by atoms with E-state index < -0.39 is 5.97 Å². The van der Waals surface area contributed by atoms with Crippen molar-refractivity contribution in [2.45, 2.75) is 79.2 Å². The van der Waals surface area contributed by atoms with Crippen molar-refractivity contribution in [2.24, 2.45) is 22.7 Å². The standard InChI is InChI=1S/C29H38N4O4/c1-5-7-10-20-12-14-21(15-13-20)27(34)31-26-23(29(36)37-6-2)17-22-25(33(26)18-19(3)4)30-24-11-8-9-16-32(24)28(22)35/h8-9,11,16-17,19-21H,5-7,10,12-15,18H2,1-4H3. The number of rotatable bonds is 8. The number of fused-ring (bicyclic) bond motifs is 2. The van der Waals surface area contributed by atoms with Gasteiger partial charge in [0.15, 0.2) is 5.49 Å². The second kappa shape index (κ2) is 11.8. The molecule has 3 aromatic rings. The Morgan fingerprint density at radius 1 is 1.16 bits per heavy atom. The van der Waals surface area contributed by atoms with Crippen LogP contribution in [0.3, 0.4) is 0 Å². The summed E-state index contributed by atoms with van der Waals surface area (Å²) >= 11 is 0. The van der Waals surface area contributed by atoms with Crippen LogP contribution in [0.2, 0.25) is 0 Å². The SMILES string of the molecule is CCCCC1CCC(C(=O)N=c2c(C(=O)OCC)cc3c(=O)n4ccccc4nc3n2CC(C)C)CC1. The van der Waals surface area contributed by atoms with E-state index in [1.54, 1.807) is 29.8 Å². The number of esters is 1. The van der Waals surface area contributed by atoms with Crippen molar-refractivity contribution in [2.75, 3.05) is 6.61 Å². The Hall–Kier alpha value is -3.29. The van der Waals surface area contributed by atoms with Gasteiger partial charge in [-0.3, -0.25) is 14.0 Å². The minimum absolute atomic E-state index is 0.120. The Morgan fingerprint density at radius 2 is 1.92 bits per heavy atom. The average molecular weight is 507 g/mol. The summed E-state index contributed by atoms with van der Waals surface area (Å²) in [6.45, 7) is 8.61. The second-order valence-corrected chi connectivity index (χ2v) is 10.5. The molecule has 8 heteroatoms. The number of pyridine rings is 2. The summed E-state index contributed by atoms with van der Waals surface area (Å²) in [5.41, 5.74) is 0.962. The van der Waals surface area contributed by atoms with Crippen LogP contribution < -0.4 is 11.0 Å². The molecule has 8 nitrogen and oxygen atoms in total. The highest BCUT2D eigenvalue weighted by Gasteiger charge is 2.27. The molecule has 1 aliphatic rings. The van der Waals surface area contributed by atoms with Gasteiger partial charge in [0, 0.05) is 18.7 Å². The quantitative estimate of drug-likeness (QED) is 0.320. The molecule has 0 radical (unpaired) electrons. The van der Waals surface area contributed by atoms with E-state index in [1.807, 2.05) is 19.9 Å². The van der Waals surface area contributed by atoms with E-state index in [4.69, 9.17) is 9.72 Å². The van der Waals surface area contributed by atoms with E-state index in [0.717, 1.165) is 25.7 Å². The molecule has 1 saturated carbocycles. The maximum absolute atomic E-state index is 13.5. The van der Waals surface area contributed by atoms with Gasteiger partial charge < -0.3 is 9.30 Å². The monoisotopic (exact) mass is 506 g/mol. The maximum Gasteiger partial charge on any atom is 0.341 e. The largest absolute Gasteiger partial charge is 0.462 e. The predicted octanol–water partition coefficient (Wildman–Crippen LogP) is 4.91. The van der Waals surface area contributed by atoms with Gasteiger partial charge in [0.05, 0.1) is 12.0 Å². The highest BCUT2D eigenvalue weighted by molar-refractivity contribution is 5.93. The first kappa shape index (κ1) is 26.8. The van der Waals surface area contributed by atoms with Crippen molar-refractivity contribution < 1.29 is 14.3 Å². The van der Waals surface area contributed by atoms with Crippen LogP contribution in [-0.4, -0.2) is 32.4 Å². The zero-order valence-corrected chi connectivity index (χ0v) is 22.4. The Labute approximate surface area is 217 Å². The molecule has 0 unspecified atom stereocenters. The summed E-state index contributed by atoms with van der Waals surface area (Å²) < 4.78 is 8.54. The van der Waals surface area contributed by atoms with Gasteiger partial charge in [-0.15, -0.1) is 0 Å². The number of aromatic nitrogens is 3. The van der Waals surface area contributed by atoms with Crippen LogP contribution in [-0.2, 0) is 16.1 Å². The Kier molecular flexibility index (Phi) is 8.56. The van der Waals surface area contributed by atoms with E-state index in [1.165, 1.54) is 29.7 Å². The Balaban J connectivity index is 1.88. The maximum atomic E-state index is 13.5. The zero-order valence-electron chi connectivity index (χ0n) is 22.4. The molecule has 1 fully saturated rings. The molecule has 37 heavy (non-hydrogen) atoms. The lowest BCUT2D eigenvalue weighted by atomic mass is 9.79. The van der Waals surface area contributed by atoms with Gasteiger partial charge in [-0.2, -0.15) is 4.99 Å². The van der Waals surface area contributed by atoms with Gasteiger partial charge in [-0.1, -0.05) is 46.1 Å². The van der Waals surface area contributed by atoms with Crippen molar-refractivity contribution in [3.63, 3.8) is 0 Å². The van der Waals surface area contributed by atoms with E-state index in [-0.39, 0.29) is 46.3 Å². The second-order valence-electron chi connectivity index (χ2n) is 10.5. The zero-order chi connectivity index (χ0) is 26.5. The van der Waals surface area contributed by atoms with Crippen LogP contribution in [0.25, 0.3) is 16.7 Å². The number of amides is 1. The van der Waals surface area contributed by atoms with Gasteiger partial charge in [0.25, 0.3) is 11.5 Å². The van der Waals surface area contributed by atoms with Crippen molar-refractivity contribution in [1.29, 1.82) is 0 Å². The van der Waals surface area contributed by atoms with Crippen LogP contribution in [0.4, 0.5) is 0 Å². The first-order valence-electron chi connectivity index (χ1n) is 13.6. The fraction of sp³-hybridized carbons (Fsp3) is 0.552. The number of hydrogen-bond donors (Lipinski definition) is 0. The first-order chi connectivity index (χ1) is 17.8. The molecular formula is C29H38N4O4. The smallest absolute Gasteiger partial charge is 0.341 e. The minimum Gasteiger partial charge on any atom is -0.462 e. The number of hydrogen-bond acceptors (Lipinski definition) is 5. The highest BCUT2D eigenvalue weighted by Crippen LogP contribution is 2.32. The summed E-state index contributed by atoms with van der Waals surface area (Å²) in [5, 5.41) is 0.287. The van der Waals surface area contributed by atoms with Gasteiger partial charge in [-0.25, -0.2) is 9.78 Å². The van der Waals surface area contributed by atoms with Gasteiger partial charge in [0.2, 0.25) is 0 Å². The number of nitrogens with zero attached hydrogens (tertiary/aromatic N) is 4. The molecule has 3 aromatic heterocycles. The molecule has 0 aromatic carbocycles. The molecule has 198 valence electrons. The highest BCUT2D eigenvalue weighted by atomic mass is 16.5. The molecule has 0 N–H and O–H groups in total. The number of carbonyl (C=O) groups excluding carboxylic acids is 2. The summed E-state index contributed by atoms with van der Waals surface area (Å²) in [7, 11) is 0. The van der Waals surface area contributed by atoms with E-state index >= 15 is 0 Å². The third-order valence-corrected chi connectivity index (χ3v) is 7.21. The van der Waals surface area contributed by atoms with Crippen LogP contribution in [0.15, 0.2) is 40.2 Å². The minimum atomic E-state index is -0.603. The van der Waals surface area contributed by atoms with Gasteiger partial charge in [-0.05, 0) is 62.6 Å². The summed E-state index contributed by atoms with van der Waals surface area (Å²) in [4.78, 5) is 49.3. The Bertz CT molecular complexity index is 1410. The normalized spacial score (nSPS) is 18.6. The summed E-state index contributed by atoms with van der Waals surface area (Å²) in [5.74, 6) is -0.148. The molecule has 1 aliphatic carbocycles. The van der Waals surface area contributed by atoms with Crippen LogP contribution in [0.5, 0.6) is 0 Å². The number of unbranched alkanes of at least 4 members (excludes halogenated alkanes) is 1. The fourth-order valence-electron chi connectivity index (χ4n) is 5.28. The average Bonchev–Trinajstić information content (AvgIpc) is 2.89. The predicted molar refractivity (Wildman–Crippen MR) is 143 cm³/mol. The molecule has 4 rings (SSSR count). The molecule has 0 aliphatic heterocycles. The van der Waals surface area contributed by atoms with Gasteiger partial charge in [0.1, 0.15) is 16.9 Å². The van der Waals surface area contributed by atoms with Crippen molar-refractivity contribution in [1.82, 2.24) is 14.0 Å². The topological polar surface area (TPSA) is 95.0 Å². The third-order valence-electron chi connectivity index (χ3n) is 7.21. The molecule has 0 atom stereocenters.